The molecular formula is C8H7Cl2KO3. The van der Waals surface area contributed by atoms with Crippen molar-refractivity contribution in [2.75, 3.05) is 6.61 Å². The SMILES string of the molecule is O=C(O)COc1ccc(Cl)cc1Cl.[KH]. The van der Waals surface area contributed by atoms with Gasteiger partial charge in [0.15, 0.2) is 6.61 Å². The Labute approximate surface area is 134 Å². The summed E-state index contributed by atoms with van der Waals surface area (Å²) in [6.07, 6.45) is 0. The molecule has 1 aromatic carbocycles. The average Bonchev–Trinajstić information content (AvgIpc) is 2.02. The van der Waals surface area contributed by atoms with Crippen LogP contribution in [0.1, 0.15) is 0 Å². The third-order valence-electron chi connectivity index (χ3n) is 1.25. The van der Waals surface area contributed by atoms with E-state index >= 15 is 0 Å². The van der Waals surface area contributed by atoms with Crippen LogP contribution in [0, 0.1) is 0 Å². The zero-order valence-corrected chi connectivity index (χ0v) is 7.97. The molecule has 72 valence electrons. The quantitative estimate of drug-likeness (QED) is 0.844. The first-order chi connectivity index (χ1) is 6.09. The molecule has 0 amide bonds. The second kappa shape index (κ2) is 7.06. The van der Waals surface area contributed by atoms with Crippen LogP contribution in [0.25, 0.3) is 0 Å². The minimum atomic E-state index is -1.05. The Bertz CT molecular complexity index is 330. The van der Waals surface area contributed by atoms with E-state index in [0.717, 1.165) is 0 Å². The molecule has 0 fully saturated rings. The predicted octanol–water partition coefficient (Wildman–Crippen LogP) is 1.81. The van der Waals surface area contributed by atoms with Crippen LogP contribution in [0.3, 0.4) is 0 Å². The Morgan fingerprint density at radius 3 is 2.57 bits per heavy atom. The van der Waals surface area contributed by atoms with E-state index in [1.165, 1.54) is 12.1 Å². The van der Waals surface area contributed by atoms with Crippen LogP contribution in [0.4, 0.5) is 0 Å². The summed E-state index contributed by atoms with van der Waals surface area (Å²) in [6.45, 7) is -0.415. The molecule has 0 aromatic heterocycles. The van der Waals surface area contributed by atoms with Crippen LogP contribution < -0.4 is 4.74 Å². The molecule has 0 atom stereocenters. The number of hydrogen-bond acceptors (Lipinski definition) is 2. The van der Waals surface area contributed by atoms with Crippen molar-refractivity contribution in [2.24, 2.45) is 0 Å². The molecule has 1 N–H and O–H groups in total. The van der Waals surface area contributed by atoms with Crippen molar-refractivity contribution in [1.29, 1.82) is 0 Å². The van der Waals surface area contributed by atoms with Gasteiger partial charge in [-0.3, -0.25) is 0 Å². The number of carbonyl (C=O) groups is 1. The van der Waals surface area contributed by atoms with Crippen molar-refractivity contribution in [1.82, 2.24) is 0 Å². The van der Waals surface area contributed by atoms with E-state index in [-0.39, 0.29) is 51.4 Å². The second-order valence-electron chi connectivity index (χ2n) is 2.26. The van der Waals surface area contributed by atoms with Crippen molar-refractivity contribution in [2.45, 2.75) is 0 Å². The van der Waals surface area contributed by atoms with Gasteiger partial charge in [-0.1, -0.05) is 23.2 Å². The molecule has 0 aliphatic heterocycles. The fourth-order valence-corrected chi connectivity index (χ4v) is 1.19. The van der Waals surface area contributed by atoms with Gasteiger partial charge >= 0.3 is 57.4 Å². The molecule has 14 heavy (non-hydrogen) atoms. The van der Waals surface area contributed by atoms with Crippen molar-refractivity contribution < 1.29 is 14.6 Å². The molecule has 0 saturated carbocycles. The molecule has 0 radical (unpaired) electrons. The van der Waals surface area contributed by atoms with Gasteiger partial charge in [0.2, 0.25) is 0 Å². The van der Waals surface area contributed by atoms with Crippen molar-refractivity contribution in [3.05, 3.63) is 28.2 Å². The van der Waals surface area contributed by atoms with Gasteiger partial charge in [-0.25, -0.2) is 4.79 Å². The summed E-state index contributed by atoms with van der Waals surface area (Å²) in [7, 11) is 0. The normalized spacial score (nSPS) is 9.00. The van der Waals surface area contributed by atoms with Crippen LogP contribution in [-0.4, -0.2) is 69.1 Å². The fourth-order valence-electron chi connectivity index (χ4n) is 0.732. The van der Waals surface area contributed by atoms with E-state index in [1.807, 2.05) is 0 Å². The third kappa shape index (κ3) is 4.98. The Hall–Kier alpha value is 0.706. The van der Waals surface area contributed by atoms with Crippen LogP contribution in [0.15, 0.2) is 18.2 Å². The second-order valence-corrected chi connectivity index (χ2v) is 3.10. The summed E-state index contributed by atoms with van der Waals surface area (Å²) in [5.74, 6) is -0.737. The van der Waals surface area contributed by atoms with Crippen LogP contribution in [-0.2, 0) is 4.79 Å². The minimum absolute atomic E-state index is 0. The molecule has 0 bridgehead atoms. The monoisotopic (exact) mass is 260 g/mol. The Balaban J connectivity index is 0.00000169. The zero-order valence-electron chi connectivity index (χ0n) is 6.46. The van der Waals surface area contributed by atoms with Crippen molar-refractivity contribution in [3.63, 3.8) is 0 Å². The maximum atomic E-state index is 10.2. The number of carboxylic acids is 1. The molecule has 1 rings (SSSR count). The van der Waals surface area contributed by atoms with Crippen LogP contribution >= 0.6 is 23.2 Å². The van der Waals surface area contributed by atoms with Crippen LogP contribution in [0.5, 0.6) is 5.75 Å². The first kappa shape index (κ1) is 14.7. The molecule has 0 spiro atoms. The molecule has 6 heteroatoms. The molecular weight excluding hydrogens is 254 g/mol. The number of halogens is 2. The predicted molar refractivity (Wildman–Crippen MR) is 56.7 cm³/mol. The number of carboxylic acid groups (broad SMARTS) is 1. The van der Waals surface area contributed by atoms with Gasteiger partial charge in [-0.15, -0.1) is 0 Å². The molecule has 0 saturated heterocycles. The third-order valence-corrected chi connectivity index (χ3v) is 1.78. The van der Waals surface area contributed by atoms with Gasteiger partial charge in [0, 0.05) is 5.02 Å². The number of rotatable bonds is 3. The number of aliphatic carboxylic acids is 1. The van der Waals surface area contributed by atoms with E-state index in [1.54, 1.807) is 6.07 Å². The molecule has 3 nitrogen and oxygen atoms in total. The summed E-state index contributed by atoms with van der Waals surface area (Å²) in [6, 6.07) is 4.58. The molecule has 0 unspecified atom stereocenters. The molecule has 0 aliphatic carbocycles. The van der Waals surface area contributed by atoms with Gasteiger partial charge in [0.1, 0.15) is 5.75 Å². The molecule has 1 aromatic rings. The summed E-state index contributed by atoms with van der Waals surface area (Å²) in [5.41, 5.74) is 0. The van der Waals surface area contributed by atoms with Gasteiger partial charge < -0.3 is 9.84 Å². The average molecular weight is 261 g/mol. The van der Waals surface area contributed by atoms with Crippen LogP contribution in [0.2, 0.25) is 10.0 Å². The van der Waals surface area contributed by atoms with Gasteiger partial charge in [-0.05, 0) is 18.2 Å². The van der Waals surface area contributed by atoms with Gasteiger partial charge in [0.25, 0.3) is 0 Å². The summed E-state index contributed by atoms with van der Waals surface area (Å²) in [5, 5.41) is 9.11. The van der Waals surface area contributed by atoms with E-state index in [0.29, 0.717) is 15.8 Å². The van der Waals surface area contributed by atoms with E-state index in [2.05, 4.69) is 0 Å². The van der Waals surface area contributed by atoms with Crippen molar-refractivity contribution in [3.8, 4) is 5.75 Å². The number of benzene rings is 1. The zero-order chi connectivity index (χ0) is 9.84. The standard InChI is InChI=1S/C8H6Cl2O3.K.H/c9-5-1-2-7(6(10)3-5)13-4-8(11)12;;/h1-3H,4H2,(H,11,12);;. The Morgan fingerprint density at radius 1 is 1.43 bits per heavy atom. The molecule has 0 heterocycles. The first-order valence-electron chi connectivity index (χ1n) is 3.39. The first-order valence-corrected chi connectivity index (χ1v) is 4.15. The van der Waals surface area contributed by atoms with E-state index in [4.69, 9.17) is 33.0 Å². The Kier molecular flexibility index (Phi) is 7.41. The summed E-state index contributed by atoms with van der Waals surface area (Å²) < 4.78 is 4.86. The Morgan fingerprint density at radius 2 is 2.07 bits per heavy atom. The maximum absolute atomic E-state index is 10.2. The van der Waals surface area contributed by atoms with E-state index < -0.39 is 12.6 Å². The summed E-state index contributed by atoms with van der Waals surface area (Å²) in [4.78, 5) is 10.2. The fraction of sp³-hybridized carbons (Fsp3) is 0.125. The number of hydrogen-bond donors (Lipinski definition) is 1. The van der Waals surface area contributed by atoms with E-state index in [9.17, 15) is 4.79 Å². The van der Waals surface area contributed by atoms with Gasteiger partial charge in [0.05, 0.1) is 5.02 Å². The molecule has 0 aliphatic rings. The number of ether oxygens (including phenoxy) is 1. The topological polar surface area (TPSA) is 46.5 Å². The summed E-state index contributed by atoms with van der Waals surface area (Å²) >= 11 is 11.3. The van der Waals surface area contributed by atoms with Gasteiger partial charge in [-0.2, -0.15) is 0 Å². The van der Waals surface area contributed by atoms with Crippen molar-refractivity contribution >= 4 is 80.6 Å².